The molecule has 31 heavy (non-hydrogen) atoms. The van der Waals surface area contributed by atoms with Gasteiger partial charge in [-0.15, -0.1) is 0 Å². The Morgan fingerprint density at radius 1 is 0.968 bits per heavy atom. The van der Waals surface area contributed by atoms with Gasteiger partial charge in [0.2, 0.25) is 0 Å². The number of anilines is 2. The number of nitrogens with zero attached hydrogens (tertiary/aromatic N) is 2. The SMILES string of the molecule is CN1C(=Cc2cc(NCCN)[n+](-c3ccccc3)c3ccccc23)Sc2ccccc21. The van der Waals surface area contributed by atoms with Gasteiger partial charge in [0.05, 0.1) is 17.3 Å². The minimum Gasteiger partial charge on any atom is -0.338 e. The van der Waals surface area contributed by atoms with E-state index in [1.54, 1.807) is 0 Å². The summed E-state index contributed by atoms with van der Waals surface area (Å²) < 4.78 is 2.27. The Morgan fingerprint density at radius 3 is 2.52 bits per heavy atom. The van der Waals surface area contributed by atoms with E-state index in [4.69, 9.17) is 5.73 Å². The monoisotopic (exact) mass is 425 g/mol. The summed E-state index contributed by atoms with van der Waals surface area (Å²) in [5.41, 5.74) is 10.5. The molecule has 4 aromatic rings. The Balaban J connectivity index is 1.70. The number of fused-ring (bicyclic) bond motifs is 2. The van der Waals surface area contributed by atoms with Gasteiger partial charge in [-0.1, -0.05) is 60.3 Å². The average Bonchev–Trinajstić information content (AvgIpc) is 3.13. The number of benzene rings is 3. The molecule has 0 fully saturated rings. The summed E-state index contributed by atoms with van der Waals surface area (Å²) in [5.74, 6) is 1.03. The Hall–Kier alpha value is -3.28. The molecule has 1 aliphatic rings. The predicted molar refractivity (Wildman–Crippen MR) is 132 cm³/mol. The zero-order chi connectivity index (χ0) is 21.2. The topological polar surface area (TPSA) is 45.2 Å². The lowest BCUT2D eigenvalue weighted by Gasteiger charge is -2.15. The summed E-state index contributed by atoms with van der Waals surface area (Å²) >= 11 is 1.81. The second kappa shape index (κ2) is 8.46. The number of pyridine rings is 1. The summed E-state index contributed by atoms with van der Waals surface area (Å²) in [7, 11) is 2.13. The molecule has 1 aromatic heterocycles. The third-order valence-corrected chi connectivity index (χ3v) is 6.67. The van der Waals surface area contributed by atoms with Gasteiger partial charge >= 0.3 is 0 Å². The van der Waals surface area contributed by atoms with Crippen LogP contribution in [0.3, 0.4) is 0 Å². The van der Waals surface area contributed by atoms with Gasteiger partial charge in [0.1, 0.15) is 11.2 Å². The third kappa shape index (κ3) is 3.67. The van der Waals surface area contributed by atoms with Crippen molar-refractivity contribution in [1.82, 2.24) is 0 Å². The van der Waals surface area contributed by atoms with Crippen LogP contribution in [-0.4, -0.2) is 20.1 Å². The van der Waals surface area contributed by atoms with Crippen LogP contribution < -0.4 is 20.5 Å². The molecule has 0 saturated carbocycles. The second-order valence-corrected chi connectivity index (χ2v) is 8.56. The molecule has 5 rings (SSSR count). The van der Waals surface area contributed by atoms with E-state index in [1.165, 1.54) is 26.6 Å². The van der Waals surface area contributed by atoms with Gasteiger partial charge in [-0.25, -0.2) is 0 Å². The summed E-state index contributed by atoms with van der Waals surface area (Å²) in [6, 6.07) is 29.8. The molecule has 3 N–H and O–H groups in total. The average molecular weight is 426 g/mol. The van der Waals surface area contributed by atoms with Gasteiger partial charge in [-0.3, -0.25) is 5.32 Å². The van der Waals surface area contributed by atoms with Crippen molar-refractivity contribution in [1.29, 1.82) is 0 Å². The van der Waals surface area contributed by atoms with Crippen LogP contribution in [0.2, 0.25) is 0 Å². The summed E-state index contributed by atoms with van der Waals surface area (Å²) in [6.45, 7) is 1.28. The maximum Gasteiger partial charge on any atom is 0.280 e. The Bertz CT molecular complexity index is 1270. The first-order valence-electron chi connectivity index (χ1n) is 10.5. The third-order valence-electron chi connectivity index (χ3n) is 5.50. The van der Waals surface area contributed by atoms with Crippen LogP contribution in [-0.2, 0) is 0 Å². The number of nitrogens with one attached hydrogen (secondary N) is 1. The minimum absolute atomic E-state index is 0.575. The van der Waals surface area contributed by atoms with Crippen molar-refractivity contribution in [2.24, 2.45) is 5.73 Å². The largest absolute Gasteiger partial charge is 0.338 e. The number of rotatable bonds is 5. The Kier molecular flexibility index (Phi) is 5.37. The van der Waals surface area contributed by atoms with Crippen LogP contribution in [0.1, 0.15) is 5.56 Å². The van der Waals surface area contributed by atoms with Crippen LogP contribution in [0.4, 0.5) is 11.5 Å². The molecule has 0 saturated heterocycles. The molecular weight excluding hydrogens is 400 g/mol. The molecule has 1 aliphatic heterocycles. The minimum atomic E-state index is 0.575. The number of nitrogens with two attached hydrogens (primary N) is 1. The number of hydrogen-bond donors (Lipinski definition) is 2. The normalized spacial score (nSPS) is 14.3. The zero-order valence-electron chi connectivity index (χ0n) is 17.5. The first-order chi connectivity index (χ1) is 15.3. The Labute approximate surface area is 187 Å². The first kappa shape index (κ1) is 19.7. The van der Waals surface area contributed by atoms with E-state index in [1.807, 2.05) is 17.8 Å². The fourth-order valence-electron chi connectivity index (χ4n) is 4.02. The van der Waals surface area contributed by atoms with E-state index in [0.717, 1.165) is 17.0 Å². The van der Waals surface area contributed by atoms with Crippen LogP contribution in [0.25, 0.3) is 22.7 Å². The zero-order valence-corrected chi connectivity index (χ0v) is 18.3. The smallest absolute Gasteiger partial charge is 0.280 e. The Morgan fingerprint density at radius 2 is 1.71 bits per heavy atom. The molecule has 5 heteroatoms. The molecule has 0 spiro atoms. The molecule has 154 valence electrons. The van der Waals surface area contributed by atoms with Gasteiger partial charge in [-0.05, 0) is 42.0 Å². The van der Waals surface area contributed by atoms with Crippen molar-refractivity contribution in [3.63, 3.8) is 0 Å². The maximum atomic E-state index is 5.82. The van der Waals surface area contributed by atoms with Crippen LogP contribution in [0, 0.1) is 0 Å². The molecular formula is C26H25N4S+. The van der Waals surface area contributed by atoms with E-state index in [2.05, 4.69) is 107 Å². The van der Waals surface area contributed by atoms with Crippen LogP contribution in [0.15, 0.2) is 94.9 Å². The quantitative estimate of drug-likeness (QED) is 0.440. The molecule has 0 atom stereocenters. The highest BCUT2D eigenvalue weighted by Crippen LogP contribution is 2.45. The number of para-hydroxylation sites is 3. The van der Waals surface area contributed by atoms with Crippen LogP contribution in [0.5, 0.6) is 0 Å². The fraction of sp³-hybridized carbons (Fsp3) is 0.115. The van der Waals surface area contributed by atoms with E-state index in [-0.39, 0.29) is 0 Å². The second-order valence-electron chi connectivity index (χ2n) is 7.50. The molecule has 0 radical (unpaired) electrons. The highest BCUT2D eigenvalue weighted by Gasteiger charge is 2.23. The molecule has 0 aliphatic carbocycles. The van der Waals surface area contributed by atoms with E-state index >= 15 is 0 Å². The lowest BCUT2D eigenvalue weighted by atomic mass is 10.1. The molecule has 3 aromatic carbocycles. The molecule has 0 unspecified atom stereocenters. The summed E-state index contributed by atoms with van der Waals surface area (Å²) in [6.07, 6.45) is 2.29. The van der Waals surface area contributed by atoms with Crippen molar-refractivity contribution in [3.05, 3.63) is 95.5 Å². The van der Waals surface area contributed by atoms with Crippen molar-refractivity contribution in [2.45, 2.75) is 4.90 Å². The van der Waals surface area contributed by atoms with Crippen molar-refractivity contribution in [2.75, 3.05) is 30.4 Å². The lowest BCUT2D eigenvalue weighted by molar-refractivity contribution is -0.551. The molecule has 0 amide bonds. The van der Waals surface area contributed by atoms with Crippen molar-refractivity contribution >= 4 is 40.2 Å². The van der Waals surface area contributed by atoms with Gasteiger partial charge in [0, 0.05) is 29.9 Å². The number of thioether (sulfide) groups is 1. The highest BCUT2D eigenvalue weighted by molar-refractivity contribution is 8.03. The van der Waals surface area contributed by atoms with E-state index in [0.29, 0.717) is 13.1 Å². The number of hydrogen-bond acceptors (Lipinski definition) is 4. The maximum absolute atomic E-state index is 5.82. The highest BCUT2D eigenvalue weighted by atomic mass is 32.2. The fourth-order valence-corrected chi connectivity index (χ4v) is 5.12. The molecule has 4 nitrogen and oxygen atoms in total. The number of aromatic nitrogens is 1. The standard InChI is InChI=1S/C26H24N4S/c1-29-23-13-7-8-14-24(23)31-26(29)18-19-17-25(28-16-15-27)30(20-9-3-2-4-10-20)22-12-6-5-11-21(19)22/h2-14,17-18H,15-16,27H2,1H3/p+1. The predicted octanol–water partition coefficient (Wildman–Crippen LogP) is 5.03. The lowest BCUT2D eigenvalue weighted by Crippen LogP contribution is -2.36. The van der Waals surface area contributed by atoms with E-state index in [9.17, 15) is 0 Å². The van der Waals surface area contributed by atoms with E-state index < -0.39 is 0 Å². The molecule has 2 heterocycles. The first-order valence-corrected chi connectivity index (χ1v) is 11.3. The van der Waals surface area contributed by atoms with Gasteiger partial charge in [0.25, 0.3) is 5.82 Å². The van der Waals surface area contributed by atoms with Gasteiger partial charge in [0.15, 0.2) is 0 Å². The molecule has 0 bridgehead atoms. The van der Waals surface area contributed by atoms with Crippen LogP contribution >= 0.6 is 11.8 Å². The van der Waals surface area contributed by atoms with Gasteiger partial charge < -0.3 is 10.6 Å². The van der Waals surface area contributed by atoms with Crippen molar-refractivity contribution < 1.29 is 4.57 Å². The van der Waals surface area contributed by atoms with Gasteiger partial charge in [-0.2, -0.15) is 4.57 Å². The summed E-state index contributed by atoms with van der Waals surface area (Å²) in [4.78, 5) is 3.55. The summed E-state index contributed by atoms with van der Waals surface area (Å²) in [5, 5.41) is 5.96. The van der Waals surface area contributed by atoms with Crippen molar-refractivity contribution in [3.8, 4) is 5.69 Å².